The van der Waals surface area contributed by atoms with Gasteiger partial charge in [-0.25, -0.2) is 4.79 Å². The van der Waals surface area contributed by atoms with E-state index in [9.17, 15) is 4.79 Å². The first-order chi connectivity index (χ1) is 5.74. The average Bonchev–Trinajstić information content (AvgIpc) is 2.47. The first-order valence-corrected chi connectivity index (χ1v) is 3.42. The molecule has 7 nitrogen and oxygen atoms in total. The van der Waals surface area contributed by atoms with Crippen molar-refractivity contribution in [2.45, 2.75) is 12.5 Å². The average molecular weight is 172 g/mol. The summed E-state index contributed by atoms with van der Waals surface area (Å²) >= 11 is 0. The molecule has 1 aliphatic heterocycles. The van der Waals surface area contributed by atoms with Crippen LogP contribution in [0.3, 0.4) is 0 Å². The molecule has 0 radical (unpaired) electrons. The minimum Gasteiger partial charge on any atom is -0.391 e. The van der Waals surface area contributed by atoms with Gasteiger partial charge in [-0.1, -0.05) is 0 Å². The Bertz CT molecular complexity index is 225. The summed E-state index contributed by atoms with van der Waals surface area (Å²) in [5.41, 5.74) is 7.82. The minimum atomic E-state index is -0.718. The van der Waals surface area contributed by atoms with Gasteiger partial charge in [0.2, 0.25) is 0 Å². The predicted molar refractivity (Wildman–Crippen MR) is 37.8 cm³/mol. The molecule has 1 atom stereocenters. The highest BCUT2D eigenvalue weighted by Crippen LogP contribution is 2.09. The van der Waals surface area contributed by atoms with Crippen LogP contribution in [0.5, 0.6) is 0 Å². The Morgan fingerprint density at radius 3 is 3.08 bits per heavy atom. The molecule has 1 amide bonds. The molecule has 1 fully saturated rings. The van der Waals surface area contributed by atoms with Crippen LogP contribution in [-0.2, 0) is 4.84 Å². The zero-order chi connectivity index (χ0) is 8.97. The fraction of sp³-hybridized carbons (Fsp3) is 0.800. The van der Waals surface area contributed by atoms with Crippen molar-refractivity contribution in [3.63, 3.8) is 0 Å². The van der Waals surface area contributed by atoms with E-state index in [-0.39, 0.29) is 6.54 Å². The first kappa shape index (κ1) is 8.63. The van der Waals surface area contributed by atoms with E-state index in [1.807, 2.05) is 0 Å². The number of azide groups is 1. The van der Waals surface area contributed by atoms with Crippen LogP contribution >= 0.6 is 0 Å². The number of rotatable bonds is 1. The highest BCUT2D eigenvalue weighted by molar-refractivity contribution is 5.67. The molecule has 0 spiro atoms. The maximum Gasteiger partial charge on any atom is 0.421 e. The molecule has 7 heteroatoms. The Hall–Kier alpha value is -1.46. The lowest BCUT2D eigenvalue weighted by molar-refractivity contribution is 0.104. The number of likely N-dealkylation sites (tertiary alicyclic amines) is 1. The molecule has 0 aromatic carbocycles. The fourth-order valence-corrected chi connectivity index (χ4v) is 1.02. The Balaban J connectivity index is 2.38. The van der Waals surface area contributed by atoms with Gasteiger partial charge in [-0.05, 0) is 12.0 Å². The molecule has 66 valence electrons. The fourth-order valence-electron chi connectivity index (χ4n) is 1.02. The summed E-state index contributed by atoms with van der Waals surface area (Å²) in [5, 5.41) is 11.7. The second-order valence-corrected chi connectivity index (χ2v) is 2.42. The lowest BCUT2D eigenvalue weighted by Crippen LogP contribution is -2.28. The minimum absolute atomic E-state index is 0.236. The van der Waals surface area contributed by atoms with Gasteiger partial charge in [0.25, 0.3) is 0 Å². The van der Waals surface area contributed by atoms with Crippen LogP contribution in [-0.4, -0.2) is 35.3 Å². The number of hydrogen-bond donors (Lipinski definition) is 1. The van der Waals surface area contributed by atoms with E-state index in [1.165, 1.54) is 4.90 Å². The summed E-state index contributed by atoms with van der Waals surface area (Å²) < 4.78 is 0. The third kappa shape index (κ3) is 2.01. The van der Waals surface area contributed by atoms with Gasteiger partial charge < -0.3 is 14.8 Å². The van der Waals surface area contributed by atoms with Crippen molar-refractivity contribution in [3.05, 3.63) is 10.4 Å². The van der Waals surface area contributed by atoms with Gasteiger partial charge in [-0.15, -0.1) is 0 Å². The van der Waals surface area contributed by atoms with Crippen molar-refractivity contribution in [2.75, 3.05) is 13.1 Å². The zero-order valence-electron chi connectivity index (χ0n) is 6.25. The highest BCUT2D eigenvalue weighted by atomic mass is 16.7. The number of carbonyl (C=O) groups excluding carboxylic acids is 1. The van der Waals surface area contributed by atoms with Crippen LogP contribution < -0.4 is 0 Å². The van der Waals surface area contributed by atoms with E-state index >= 15 is 0 Å². The summed E-state index contributed by atoms with van der Waals surface area (Å²) in [5.74, 6) is 0. The molecule has 0 bridgehead atoms. The molecular formula is C5H8N4O3. The SMILES string of the molecule is [N-]=[N+]=NOC(=O)N1CCC(O)C1. The third-order valence-electron chi connectivity index (χ3n) is 1.58. The molecule has 1 heterocycles. The van der Waals surface area contributed by atoms with Gasteiger partial charge in [0, 0.05) is 18.0 Å². The van der Waals surface area contributed by atoms with Crippen LogP contribution in [0.15, 0.2) is 5.28 Å². The quantitative estimate of drug-likeness (QED) is 0.268. The van der Waals surface area contributed by atoms with E-state index in [0.29, 0.717) is 13.0 Å². The number of nitrogens with zero attached hydrogens (tertiary/aromatic N) is 4. The third-order valence-corrected chi connectivity index (χ3v) is 1.58. The number of carbonyl (C=O) groups is 1. The molecule has 1 saturated heterocycles. The van der Waals surface area contributed by atoms with Gasteiger partial charge in [0.05, 0.1) is 6.10 Å². The number of amides is 1. The van der Waals surface area contributed by atoms with Crippen molar-refractivity contribution in [1.29, 1.82) is 0 Å². The second kappa shape index (κ2) is 3.80. The Labute approximate surface area is 68.1 Å². The number of β-amino-alcohol motifs (C(OH)–C–C–N with tert-alkyl or cyclic N) is 1. The van der Waals surface area contributed by atoms with Crippen molar-refractivity contribution < 1.29 is 14.7 Å². The topological polar surface area (TPSA) is 98.5 Å². The Morgan fingerprint density at radius 1 is 1.83 bits per heavy atom. The van der Waals surface area contributed by atoms with Crippen molar-refractivity contribution in [3.8, 4) is 0 Å². The van der Waals surface area contributed by atoms with Crippen LogP contribution in [0.1, 0.15) is 6.42 Å². The normalized spacial score (nSPS) is 21.8. The largest absolute Gasteiger partial charge is 0.421 e. The van der Waals surface area contributed by atoms with E-state index in [0.717, 1.165) is 0 Å². The molecule has 0 aromatic heterocycles. The van der Waals surface area contributed by atoms with Crippen LogP contribution in [0.4, 0.5) is 4.79 Å². The molecule has 1 aliphatic rings. The van der Waals surface area contributed by atoms with Gasteiger partial charge in [0.15, 0.2) is 0 Å². The molecule has 0 saturated carbocycles. The van der Waals surface area contributed by atoms with E-state index in [4.69, 9.17) is 10.6 Å². The van der Waals surface area contributed by atoms with E-state index < -0.39 is 12.2 Å². The Morgan fingerprint density at radius 2 is 2.58 bits per heavy atom. The van der Waals surface area contributed by atoms with Crippen molar-refractivity contribution in [1.82, 2.24) is 4.90 Å². The summed E-state index contributed by atoms with van der Waals surface area (Å²) in [6.45, 7) is 0.667. The molecule has 0 aliphatic carbocycles. The van der Waals surface area contributed by atoms with Gasteiger partial charge in [0.1, 0.15) is 5.28 Å². The van der Waals surface area contributed by atoms with Crippen LogP contribution in [0.25, 0.3) is 10.4 Å². The first-order valence-electron chi connectivity index (χ1n) is 3.42. The van der Waals surface area contributed by atoms with Crippen LogP contribution in [0.2, 0.25) is 0 Å². The van der Waals surface area contributed by atoms with Gasteiger partial charge in [-0.2, -0.15) is 0 Å². The number of aliphatic hydroxyl groups excluding tert-OH is 1. The molecule has 12 heavy (non-hydrogen) atoms. The monoisotopic (exact) mass is 172 g/mol. The van der Waals surface area contributed by atoms with Crippen molar-refractivity contribution in [2.24, 2.45) is 5.28 Å². The second-order valence-electron chi connectivity index (χ2n) is 2.42. The Kier molecular flexibility index (Phi) is 2.73. The number of hydrogen-bond acceptors (Lipinski definition) is 4. The maximum absolute atomic E-state index is 10.9. The summed E-state index contributed by atoms with van der Waals surface area (Å²) in [6, 6.07) is 0. The van der Waals surface area contributed by atoms with E-state index in [1.54, 1.807) is 0 Å². The lowest BCUT2D eigenvalue weighted by atomic mass is 10.3. The molecule has 1 rings (SSSR count). The molecule has 1 unspecified atom stereocenters. The zero-order valence-corrected chi connectivity index (χ0v) is 6.25. The lowest BCUT2D eigenvalue weighted by Gasteiger charge is -2.11. The van der Waals surface area contributed by atoms with Gasteiger partial charge in [-0.3, -0.25) is 0 Å². The van der Waals surface area contributed by atoms with Crippen LogP contribution in [0, 0.1) is 0 Å². The molecular weight excluding hydrogens is 164 g/mol. The number of aliphatic hydroxyl groups is 1. The van der Waals surface area contributed by atoms with Gasteiger partial charge >= 0.3 is 6.09 Å². The summed E-state index contributed by atoms with van der Waals surface area (Å²) in [4.78, 5) is 18.5. The highest BCUT2D eigenvalue weighted by Gasteiger charge is 2.25. The van der Waals surface area contributed by atoms with E-state index in [2.05, 4.69) is 15.0 Å². The summed E-state index contributed by atoms with van der Waals surface area (Å²) in [6.07, 6.45) is -0.682. The summed E-state index contributed by atoms with van der Waals surface area (Å²) in [7, 11) is 0. The standard InChI is InChI=1S/C5H8N4O3/c6-7-8-12-5(11)9-2-1-4(10)3-9/h4,10H,1-3H2. The molecule has 0 aromatic rings. The predicted octanol–water partition coefficient (Wildman–Crippen LogP) is 0.415. The molecule has 1 N–H and O–H groups in total. The van der Waals surface area contributed by atoms with Crippen molar-refractivity contribution >= 4 is 6.09 Å². The smallest absolute Gasteiger partial charge is 0.391 e. The maximum atomic E-state index is 10.9.